The second-order valence-electron chi connectivity index (χ2n) is 4.35. The third kappa shape index (κ3) is 2.42. The topological polar surface area (TPSA) is 57.6 Å². The van der Waals surface area contributed by atoms with Crippen molar-refractivity contribution in [2.45, 2.75) is 19.8 Å². The highest BCUT2D eigenvalue weighted by Crippen LogP contribution is 2.30. The van der Waals surface area contributed by atoms with Crippen LogP contribution in [-0.4, -0.2) is 23.5 Å². The minimum absolute atomic E-state index is 0.271. The first kappa shape index (κ1) is 12.4. The van der Waals surface area contributed by atoms with Gasteiger partial charge < -0.3 is 10.0 Å². The number of aryl methyl sites for hydroxylation is 2. The van der Waals surface area contributed by atoms with E-state index in [1.165, 1.54) is 0 Å². The van der Waals surface area contributed by atoms with Crippen molar-refractivity contribution in [3.8, 4) is 0 Å². The van der Waals surface area contributed by atoms with Crippen LogP contribution in [0.5, 0.6) is 0 Å². The molecule has 0 spiro atoms. The van der Waals surface area contributed by atoms with E-state index in [9.17, 15) is 9.59 Å². The first-order valence-electron chi connectivity index (χ1n) is 5.90. The molecular formula is C14H15NO3. The molecule has 1 heterocycles. The number of fused-ring (bicyclic) bond motifs is 1. The molecule has 0 aliphatic carbocycles. The van der Waals surface area contributed by atoms with Crippen LogP contribution in [0.2, 0.25) is 0 Å². The molecule has 2 rings (SSSR count). The van der Waals surface area contributed by atoms with Crippen LogP contribution in [0.15, 0.2) is 30.4 Å². The van der Waals surface area contributed by atoms with Gasteiger partial charge in [0, 0.05) is 18.7 Å². The number of amides is 1. The van der Waals surface area contributed by atoms with Crippen molar-refractivity contribution < 1.29 is 14.7 Å². The minimum Gasteiger partial charge on any atom is -0.478 e. The first-order chi connectivity index (χ1) is 8.59. The molecule has 1 aliphatic rings. The predicted octanol–water partition coefficient (Wildman–Crippen LogP) is 1.92. The Kier molecular flexibility index (Phi) is 3.46. The van der Waals surface area contributed by atoms with E-state index in [-0.39, 0.29) is 5.91 Å². The lowest BCUT2D eigenvalue weighted by molar-refractivity contribution is -0.131. The van der Waals surface area contributed by atoms with Gasteiger partial charge in [0.15, 0.2) is 0 Å². The number of nitrogens with zero attached hydrogens (tertiary/aromatic N) is 1. The number of carboxylic acids is 1. The summed E-state index contributed by atoms with van der Waals surface area (Å²) in [5, 5.41) is 8.55. The molecule has 1 aliphatic heterocycles. The second-order valence-corrected chi connectivity index (χ2v) is 4.35. The van der Waals surface area contributed by atoms with Crippen molar-refractivity contribution in [3.05, 3.63) is 41.5 Å². The van der Waals surface area contributed by atoms with Gasteiger partial charge in [-0.25, -0.2) is 4.79 Å². The molecule has 0 atom stereocenters. The van der Waals surface area contributed by atoms with Gasteiger partial charge in [-0.2, -0.15) is 0 Å². The number of carbonyl (C=O) groups is 2. The Bertz CT molecular complexity index is 520. The maximum atomic E-state index is 12.0. The van der Waals surface area contributed by atoms with Gasteiger partial charge in [-0.05, 0) is 30.9 Å². The number of hydrogen-bond donors (Lipinski definition) is 1. The van der Waals surface area contributed by atoms with E-state index in [0.717, 1.165) is 41.8 Å². The smallest absolute Gasteiger partial charge is 0.328 e. The molecule has 4 heteroatoms. The lowest BCUT2D eigenvalue weighted by atomic mass is 9.98. The Morgan fingerprint density at radius 2 is 2.11 bits per heavy atom. The highest BCUT2D eigenvalue weighted by Gasteiger charge is 2.22. The number of para-hydroxylation sites is 1. The Labute approximate surface area is 106 Å². The third-order valence-electron chi connectivity index (χ3n) is 3.05. The van der Waals surface area contributed by atoms with Crippen molar-refractivity contribution in [3.63, 3.8) is 0 Å². The Hall–Kier alpha value is -2.10. The van der Waals surface area contributed by atoms with Gasteiger partial charge >= 0.3 is 5.97 Å². The van der Waals surface area contributed by atoms with Crippen molar-refractivity contribution in [2.75, 3.05) is 11.4 Å². The summed E-state index contributed by atoms with van der Waals surface area (Å²) < 4.78 is 0. The zero-order chi connectivity index (χ0) is 13.1. The zero-order valence-electron chi connectivity index (χ0n) is 10.2. The minimum atomic E-state index is -1.11. The summed E-state index contributed by atoms with van der Waals surface area (Å²) in [6.45, 7) is 2.60. The van der Waals surface area contributed by atoms with E-state index >= 15 is 0 Å². The molecule has 94 valence electrons. The molecule has 0 bridgehead atoms. The number of carbonyl (C=O) groups excluding carboxylic acids is 1. The SMILES string of the molecule is Cc1cccc2c1N(C(=O)/C=C/C(=O)O)CCC2. The lowest BCUT2D eigenvalue weighted by Gasteiger charge is -2.30. The van der Waals surface area contributed by atoms with Gasteiger partial charge in [-0.1, -0.05) is 18.2 Å². The monoisotopic (exact) mass is 245 g/mol. The van der Waals surface area contributed by atoms with E-state index in [2.05, 4.69) is 0 Å². The fraction of sp³-hybridized carbons (Fsp3) is 0.286. The largest absolute Gasteiger partial charge is 0.478 e. The van der Waals surface area contributed by atoms with E-state index < -0.39 is 5.97 Å². The fourth-order valence-corrected chi connectivity index (χ4v) is 2.30. The number of benzene rings is 1. The fourth-order valence-electron chi connectivity index (χ4n) is 2.30. The molecule has 18 heavy (non-hydrogen) atoms. The average molecular weight is 245 g/mol. The summed E-state index contributed by atoms with van der Waals surface area (Å²) in [4.78, 5) is 24.1. The molecule has 1 aromatic rings. The number of carboxylic acid groups (broad SMARTS) is 1. The van der Waals surface area contributed by atoms with Gasteiger partial charge in [-0.3, -0.25) is 4.79 Å². The first-order valence-corrected chi connectivity index (χ1v) is 5.90. The summed E-state index contributed by atoms with van der Waals surface area (Å²) in [6.07, 6.45) is 3.87. The molecule has 1 amide bonds. The molecule has 1 aromatic carbocycles. The molecule has 4 nitrogen and oxygen atoms in total. The maximum Gasteiger partial charge on any atom is 0.328 e. The average Bonchev–Trinajstić information content (AvgIpc) is 2.35. The summed E-state index contributed by atoms with van der Waals surface area (Å²) in [5.41, 5.74) is 3.13. The van der Waals surface area contributed by atoms with Crippen molar-refractivity contribution in [2.24, 2.45) is 0 Å². The predicted molar refractivity (Wildman–Crippen MR) is 68.6 cm³/mol. The van der Waals surface area contributed by atoms with E-state index in [1.54, 1.807) is 4.90 Å². The van der Waals surface area contributed by atoms with Crippen LogP contribution in [0, 0.1) is 6.92 Å². The van der Waals surface area contributed by atoms with Crippen LogP contribution in [0.25, 0.3) is 0 Å². The standard InChI is InChI=1S/C14H15NO3/c1-10-4-2-5-11-6-3-9-15(14(10)11)12(16)7-8-13(17)18/h2,4-5,7-8H,3,6,9H2,1H3,(H,17,18)/b8-7+. The summed E-state index contributed by atoms with van der Waals surface area (Å²) in [5.74, 6) is -1.38. The van der Waals surface area contributed by atoms with Crippen LogP contribution < -0.4 is 4.90 Å². The number of anilines is 1. The summed E-state index contributed by atoms with van der Waals surface area (Å²) >= 11 is 0. The molecule has 1 N–H and O–H groups in total. The van der Waals surface area contributed by atoms with Gasteiger partial charge in [-0.15, -0.1) is 0 Å². The molecule has 0 fully saturated rings. The second kappa shape index (κ2) is 5.04. The Morgan fingerprint density at radius 1 is 1.33 bits per heavy atom. The quantitative estimate of drug-likeness (QED) is 0.810. The molecule has 0 saturated heterocycles. The number of rotatable bonds is 2. The van der Waals surface area contributed by atoms with Crippen molar-refractivity contribution in [1.29, 1.82) is 0 Å². The molecular weight excluding hydrogens is 230 g/mol. The Morgan fingerprint density at radius 3 is 2.83 bits per heavy atom. The Balaban J connectivity index is 2.33. The van der Waals surface area contributed by atoms with Crippen LogP contribution >= 0.6 is 0 Å². The molecule has 0 unspecified atom stereocenters. The zero-order valence-corrected chi connectivity index (χ0v) is 10.2. The van der Waals surface area contributed by atoms with E-state index in [1.807, 2.05) is 25.1 Å². The normalized spacial score (nSPS) is 14.6. The van der Waals surface area contributed by atoms with Gasteiger partial charge in [0.1, 0.15) is 0 Å². The van der Waals surface area contributed by atoms with Crippen LogP contribution in [0.3, 0.4) is 0 Å². The van der Waals surface area contributed by atoms with Crippen molar-refractivity contribution in [1.82, 2.24) is 0 Å². The number of hydrogen-bond acceptors (Lipinski definition) is 2. The van der Waals surface area contributed by atoms with E-state index in [4.69, 9.17) is 5.11 Å². The third-order valence-corrected chi connectivity index (χ3v) is 3.05. The highest BCUT2D eigenvalue weighted by atomic mass is 16.4. The van der Waals surface area contributed by atoms with Gasteiger partial charge in [0.25, 0.3) is 5.91 Å². The lowest BCUT2D eigenvalue weighted by Crippen LogP contribution is -2.35. The molecule has 0 radical (unpaired) electrons. The molecule has 0 aromatic heterocycles. The highest BCUT2D eigenvalue weighted by molar-refractivity contribution is 6.05. The summed E-state index contributed by atoms with van der Waals surface area (Å²) in [6, 6.07) is 5.96. The van der Waals surface area contributed by atoms with Crippen LogP contribution in [0.4, 0.5) is 5.69 Å². The van der Waals surface area contributed by atoms with E-state index in [0.29, 0.717) is 6.54 Å². The van der Waals surface area contributed by atoms with Gasteiger partial charge in [0.2, 0.25) is 0 Å². The van der Waals surface area contributed by atoms with Crippen LogP contribution in [0.1, 0.15) is 17.5 Å². The summed E-state index contributed by atoms with van der Waals surface area (Å²) in [7, 11) is 0. The maximum absolute atomic E-state index is 12.0. The molecule has 0 saturated carbocycles. The van der Waals surface area contributed by atoms with Crippen molar-refractivity contribution >= 4 is 17.6 Å². The van der Waals surface area contributed by atoms with Crippen LogP contribution in [-0.2, 0) is 16.0 Å². The number of aliphatic carboxylic acids is 1. The van der Waals surface area contributed by atoms with Gasteiger partial charge in [0.05, 0.1) is 5.69 Å².